The molecule has 9 heteroatoms. The standard InChI is InChI=1S/C15H12F3N5O/c16-15(17,18)14-21-20-12-8-22(5-6-23(12)14)13(24)11-7-9-3-1-2-4-10(9)19-11/h1-4,7,19H,5-6,8H2. The van der Waals surface area contributed by atoms with Crippen molar-refractivity contribution in [1.29, 1.82) is 0 Å². The maximum absolute atomic E-state index is 12.8. The Kier molecular flexibility index (Phi) is 3.12. The van der Waals surface area contributed by atoms with Crippen molar-refractivity contribution < 1.29 is 18.0 Å². The second-order valence-electron chi connectivity index (χ2n) is 5.59. The molecule has 0 radical (unpaired) electrons. The highest BCUT2D eigenvalue weighted by atomic mass is 19.4. The highest BCUT2D eigenvalue weighted by Gasteiger charge is 2.40. The van der Waals surface area contributed by atoms with Gasteiger partial charge in [0.25, 0.3) is 5.91 Å². The summed E-state index contributed by atoms with van der Waals surface area (Å²) in [5.41, 5.74) is 1.24. The number of H-pyrrole nitrogens is 1. The zero-order valence-corrected chi connectivity index (χ0v) is 12.3. The summed E-state index contributed by atoms with van der Waals surface area (Å²) in [6.07, 6.45) is -4.55. The van der Waals surface area contributed by atoms with Gasteiger partial charge in [0.05, 0.1) is 6.54 Å². The first-order valence-corrected chi connectivity index (χ1v) is 7.30. The molecule has 1 aromatic carbocycles. The molecule has 0 unspecified atom stereocenters. The van der Waals surface area contributed by atoms with Crippen molar-refractivity contribution in [2.75, 3.05) is 6.54 Å². The highest BCUT2D eigenvalue weighted by Crippen LogP contribution is 2.29. The average molecular weight is 335 g/mol. The van der Waals surface area contributed by atoms with Crippen LogP contribution in [0.15, 0.2) is 30.3 Å². The van der Waals surface area contributed by atoms with Crippen LogP contribution < -0.4 is 0 Å². The molecule has 0 saturated heterocycles. The van der Waals surface area contributed by atoms with E-state index in [2.05, 4.69) is 15.2 Å². The normalized spacial score (nSPS) is 14.9. The summed E-state index contributed by atoms with van der Waals surface area (Å²) in [4.78, 5) is 17.1. The van der Waals surface area contributed by atoms with E-state index in [0.29, 0.717) is 5.69 Å². The summed E-state index contributed by atoms with van der Waals surface area (Å²) in [6.45, 7) is 0.183. The molecule has 0 fully saturated rings. The van der Waals surface area contributed by atoms with Crippen LogP contribution >= 0.6 is 0 Å². The third-order valence-electron chi connectivity index (χ3n) is 4.05. The number of benzene rings is 1. The van der Waals surface area contributed by atoms with Crippen LogP contribution in [0.3, 0.4) is 0 Å². The van der Waals surface area contributed by atoms with E-state index >= 15 is 0 Å². The lowest BCUT2D eigenvalue weighted by atomic mass is 10.2. The van der Waals surface area contributed by atoms with Crippen molar-refractivity contribution in [3.05, 3.63) is 47.7 Å². The minimum absolute atomic E-state index is 0.00270. The molecule has 1 N–H and O–H groups in total. The Bertz CT molecular complexity index is 894. The summed E-state index contributed by atoms with van der Waals surface area (Å²) in [6, 6.07) is 9.19. The predicted molar refractivity (Wildman–Crippen MR) is 78.1 cm³/mol. The zero-order valence-electron chi connectivity index (χ0n) is 12.3. The maximum Gasteiger partial charge on any atom is 0.451 e. The number of hydrogen-bond acceptors (Lipinski definition) is 3. The molecule has 4 rings (SSSR count). The molecule has 0 saturated carbocycles. The van der Waals surface area contributed by atoms with Gasteiger partial charge in [0, 0.05) is 24.0 Å². The number of rotatable bonds is 1. The van der Waals surface area contributed by atoms with Gasteiger partial charge >= 0.3 is 6.18 Å². The van der Waals surface area contributed by atoms with E-state index in [1.807, 2.05) is 24.3 Å². The first-order valence-electron chi connectivity index (χ1n) is 7.30. The minimum Gasteiger partial charge on any atom is -0.351 e. The third kappa shape index (κ3) is 2.32. The van der Waals surface area contributed by atoms with E-state index in [1.165, 1.54) is 4.90 Å². The second kappa shape index (κ2) is 5.08. The molecular weight excluding hydrogens is 323 g/mol. The fraction of sp³-hybridized carbons (Fsp3) is 0.267. The number of para-hydroxylation sites is 1. The van der Waals surface area contributed by atoms with E-state index in [4.69, 9.17) is 0 Å². The molecule has 0 spiro atoms. The molecule has 0 atom stereocenters. The van der Waals surface area contributed by atoms with E-state index in [-0.39, 0.29) is 31.4 Å². The molecule has 1 aliphatic rings. The van der Waals surface area contributed by atoms with Gasteiger partial charge in [-0.1, -0.05) is 18.2 Å². The number of fused-ring (bicyclic) bond motifs is 2. The Hall–Kier alpha value is -2.84. The van der Waals surface area contributed by atoms with E-state index in [9.17, 15) is 18.0 Å². The van der Waals surface area contributed by atoms with Crippen LogP contribution in [-0.4, -0.2) is 37.1 Å². The van der Waals surface area contributed by atoms with Crippen LogP contribution in [0.5, 0.6) is 0 Å². The highest BCUT2D eigenvalue weighted by molar-refractivity contribution is 5.98. The van der Waals surface area contributed by atoms with Gasteiger partial charge in [-0.25, -0.2) is 0 Å². The fourth-order valence-corrected chi connectivity index (χ4v) is 2.90. The van der Waals surface area contributed by atoms with Crippen molar-refractivity contribution >= 4 is 16.8 Å². The Morgan fingerprint density at radius 2 is 1.96 bits per heavy atom. The van der Waals surface area contributed by atoms with E-state index < -0.39 is 12.0 Å². The number of halogens is 3. The predicted octanol–water partition coefficient (Wildman–Crippen LogP) is 2.43. The van der Waals surface area contributed by atoms with Crippen LogP contribution in [0.1, 0.15) is 22.1 Å². The van der Waals surface area contributed by atoms with Crippen LogP contribution in [0, 0.1) is 0 Å². The van der Waals surface area contributed by atoms with E-state index in [1.54, 1.807) is 6.07 Å². The number of aromatic nitrogens is 4. The first-order chi connectivity index (χ1) is 11.4. The van der Waals surface area contributed by atoms with Crippen molar-refractivity contribution in [2.45, 2.75) is 19.3 Å². The van der Waals surface area contributed by atoms with Crippen molar-refractivity contribution in [1.82, 2.24) is 24.6 Å². The van der Waals surface area contributed by atoms with Gasteiger partial charge in [-0.2, -0.15) is 13.2 Å². The number of aromatic amines is 1. The first kappa shape index (κ1) is 14.7. The molecule has 1 aliphatic heterocycles. The lowest BCUT2D eigenvalue weighted by Gasteiger charge is -2.27. The quantitative estimate of drug-likeness (QED) is 0.743. The number of nitrogens with zero attached hydrogens (tertiary/aromatic N) is 4. The lowest BCUT2D eigenvalue weighted by Crippen LogP contribution is -2.39. The second-order valence-corrected chi connectivity index (χ2v) is 5.59. The minimum atomic E-state index is -4.55. The molecular formula is C15H12F3N5O. The van der Waals surface area contributed by atoms with Crippen LogP contribution in [0.25, 0.3) is 10.9 Å². The molecule has 3 heterocycles. The van der Waals surface area contributed by atoms with Gasteiger partial charge in [0.15, 0.2) is 5.82 Å². The van der Waals surface area contributed by atoms with Crippen LogP contribution in [0.2, 0.25) is 0 Å². The van der Waals surface area contributed by atoms with Gasteiger partial charge in [-0.15, -0.1) is 10.2 Å². The number of nitrogens with one attached hydrogen (secondary N) is 1. The topological polar surface area (TPSA) is 66.8 Å². The Labute approximate surface area is 133 Å². The van der Waals surface area contributed by atoms with Crippen molar-refractivity contribution in [3.63, 3.8) is 0 Å². The maximum atomic E-state index is 12.8. The Morgan fingerprint density at radius 3 is 2.71 bits per heavy atom. The van der Waals surface area contributed by atoms with Crippen molar-refractivity contribution in [2.24, 2.45) is 0 Å². The molecule has 24 heavy (non-hydrogen) atoms. The number of alkyl halides is 3. The molecule has 124 valence electrons. The van der Waals surface area contributed by atoms with E-state index in [0.717, 1.165) is 15.5 Å². The van der Waals surface area contributed by atoms with Gasteiger partial charge in [0.1, 0.15) is 5.69 Å². The summed E-state index contributed by atoms with van der Waals surface area (Å²) in [5.74, 6) is -1.15. The van der Waals surface area contributed by atoms with Crippen molar-refractivity contribution in [3.8, 4) is 0 Å². The fourth-order valence-electron chi connectivity index (χ4n) is 2.90. The monoisotopic (exact) mass is 335 g/mol. The molecule has 0 aliphatic carbocycles. The molecule has 6 nitrogen and oxygen atoms in total. The van der Waals surface area contributed by atoms with Gasteiger partial charge in [-0.3, -0.25) is 4.79 Å². The number of hydrogen-bond donors (Lipinski definition) is 1. The summed E-state index contributed by atoms with van der Waals surface area (Å²) in [7, 11) is 0. The summed E-state index contributed by atoms with van der Waals surface area (Å²) >= 11 is 0. The summed E-state index contributed by atoms with van der Waals surface area (Å²) < 4.78 is 39.5. The molecule has 1 amide bonds. The molecule has 2 aromatic heterocycles. The van der Waals surface area contributed by atoms with Gasteiger partial charge < -0.3 is 14.5 Å². The number of carbonyl (C=O) groups is 1. The van der Waals surface area contributed by atoms with Gasteiger partial charge in [-0.05, 0) is 12.1 Å². The number of amides is 1. The molecule has 0 bridgehead atoms. The Balaban J connectivity index is 1.60. The Morgan fingerprint density at radius 1 is 1.17 bits per heavy atom. The zero-order chi connectivity index (χ0) is 16.9. The average Bonchev–Trinajstić information content (AvgIpc) is 3.16. The third-order valence-corrected chi connectivity index (χ3v) is 4.05. The van der Waals surface area contributed by atoms with Crippen LogP contribution in [0.4, 0.5) is 13.2 Å². The SMILES string of the molecule is O=C(c1cc2ccccc2[nH]1)N1CCn2c(nnc2C(F)(F)F)C1. The summed E-state index contributed by atoms with van der Waals surface area (Å²) in [5, 5.41) is 7.70. The lowest BCUT2D eigenvalue weighted by molar-refractivity contribution is -0.147. The smallest absolute Gasteiger partial charge is 0.351 e. The van der Waals surface area contributed by atoms with Gasteiger partial charge in [0.2, 0.25) is 5.82 Å². The van der Waals surface area contributed by atoms with Crippen LogP contribution in [-0.2, 0) is 19.3 Å². The largest absolute Gasteiger partial charge is 0.451 e. The number of carbonyl (C=O) groups excluding carboxylic acids is 1. The molecule has 3 aromatic rings.